The van der Waals surface area contributed by atoms with E-state index in [1.54, 1.807) is 11.8 Å². The van der Waals surface area contributed by atoms with Crippen LogP contribution in [0.5, 0.6) is 0 Å². The number of furan rings is 1. The number of nitrogens with one attached hydrogen (secondary N) is 1. The normalized spacial score (nSPS) is 14.7. The molecular formula is C25H30N2O4S. The standard InChI is InChI=1S/C25H30N2O4S/c1-15-9-10-16(2)21(13-15)26-32(29,30)24-18(4)17(3)14-20-19(5)22(31-23(20)24)25(28)27-11-7-6-8-12-27/h9-10,13-14,26H,6-8,11-12H2,1-5H3. The van der Waals surface area contributed by atoms with Crippen molar-refractivity contribution in [1.29, 1.82) is 0 Å². The van der Waals surface area contributed by atoms with Crippen molar-refractivity contribution in [2.24, 2.45) is 0 Å². The number of amides is 1. The number of piperidine rings is 1. The van der Waals surface area contributed by atoms with Crippen LogP contribution in [0.15, 0.2) is 33.6 Å². The van der Waals surface area contributed by atoms with Gasteiger partial charge in [-0.1, -0.05) is 12.1 Å². The Kier molecular flexibility index (Phi) is 5.79. The Morgan fingerprint density at radius 1 is 0.938 bits per heavy atom. The monoisotopic (exact) mass is 454 g/mol. The summed E-state index contributed by atoms with van der Waals surface area (Å²) in [5, 5.41) is 0.662. The largest absolute Gasteiger partial charge is 0.449 e. The molecule has 2 aromatic carbocycles. The second-order valence-electron chi connectivity index (χ2n) is 8.86. The molecule has 170 valence electrons. The van der Waals surface area contributed by atoms with Gasteiger partial charge in [0.05, 0.1) is 5.69 Å². The zero-order valence-electron chi connectivity index (χ0n) is 19.3. The maximum absolute atomic E-state index is 13.6. The molecule has 1 aliphatic rings. The van der Waals surface area contributed by atoms with Gasteiger partial charge < -0.3 is 9.32 Å². The van der Waals surface area contributed by atoms with Crippen LogP contribution in [0.1, 0.15) is 57.6 Å². The minimum atomic E-state index is -3.96. The molecule has 0 radical (unpaired) electrons. The Bertz CT molecular complexity index is 1320. The van der Waals surface area contributed by atoms with Gasteiger partial charge in [0.1, 0.15) is 4.90 Å². The van der Waals surface area contributed by atoms with Gasteiger partial charge in [0, 0.05) is 24.0 Å². The van der Waals surface area contributed by atoms with Gasteiger partial charge in [0.25, 0.3) is 15.9 Å². The van der Waals surface area contributed by atoms with Crippen LogP contribution in [0.3, 0.4) is 0 Å². The molecule has 1 aliphatic heterocycles. The topological polar surface area (TPSA) is 79.6 Å². The number of hydrogen-bond acceptors (Lipinski definition) is 4. The summed E-state index contributed by atoms with van der Waals surface area (Å²) in [5.74, 6) is 0.0645. The fraction of sp³-hybridized carbons (Fsp3) is 0.400. The highest BCUT2D eigenvalue weighted by atomic mass is 32.2. The van der Waals surface area contributed by atoms with Gasteiger partial charge >= 0.3 is 0 Å². The van der Waals surface area contributed by atoms with E-state index in [-0.39, 0.29) is 22.1 Å². The van der Waals surface area contributed by atoms with Gasteiger partial charge in [0.2, 0.25) is 0 Å². The number of aryl methyl sites for hydroxylation is 4. The van der Waals surface area contributed by atoms with Gasteiger partial charge in [-0.05, 0) is 88.3 Å². The summed E-state index contributed by atoms with van der Waals surface area (Å²) in [6.07, 6.45) is 3.07. The Balaban J connectivity index is 1.86. The lowest BCUT2D eigenvalue weighted by molar-refractivity contribution is 0.0693. The number of hydrogen-bond donors (Lipinski definition) is 1. The quantitative estimate of drug-likeness (QED) is 0.572. The molecule has 0 unspecified atom stereocenters. The van der Waals surface area contributed by atoms with E-state index in [0.29, 0.717) is 35.3 Å². The molecule has 7 heteroatoms. The predicted octanol–water partition coefficient (Wildman–Crippen LogP) is 5.40. The second kappa shape index (κ2) is 8.28. The maximum atomic E-state index is 13.6. The number of likely N-dealkylation sites (tertiary alicyclic amines) is 1. The Labute approximate surface area is 189 Å². The molecule has 1 N–H and O–H groups in total. The molecule has 1 fully saturated rings. The third-order valence-corrected chi connectivity index (χ3v) is 7.95. The van der Waals surface area contributed by atoms with Crippen molar-refractivity contribution in [3.8, 4) is 0 Å². The summed E-state index contributed by atoms with van der Waals surface area (Å²) in [7, 11) is -3.96. The zero-order chi connectivity index (χ0) is 23.2. The highest BCUT2D eigenvalue weighted by Gasteiger charge is 2.30. The van der Waals surface area contributed by atoms with E-state index >= 15 is 0 Å². The van der Waals surface area contributed by atoms with Gasteiger partial charge in [-0.2, -0.15) is 0 Å². The number of rotatable bonds is 4. The Morgan fingerprint density at radius 2 is 1.62 bits per heavy atom. The lowest BCUT2D eigenvalue weighted by Gasteiger charge is -2.25. The molecule has 1 amide bonds. The summed E-state index contributed by atoms with van der Waals surface area (Å²) in [4.78, 5) is 15.1. The van der Waals surface area contributed by atoms with Crippen molar-refractivity contribution >= 4 is 32.6 Å². The first-order valence-electron chi connectivity index (χ1n) is 11.0. The molecule has 32 heavy (non-hydrogen) atoms. The van der Waals surface area contributed by atoms with Crippen LogP contribution in [0, 0.1) is 34.6 Å². The molecule has 0 bridgehead atoms. The van der Waals surface area contributed by atoms with E-state index < -0.39 is 10.0 Å². The average Bonchev–Trinajstić information content (AvgIpc) is 3.07. The van der Waals surface area contributed by atoms with Gasteiger partial charge in [-0.25, -0.2) is 8.42 Å². The van der Waals surface area contributed by atoms with E-state index in [1.165, 1.54) is 0 Å². The number of carbonyl (C=O) groups excluding carboxylic acids is 1. The lowest BCUT2D eigenvalue weighted by atomic mass is 10.0. The van der Waals surface area contributed by atoms with Crippen LogP contribution in [0.4, 0.5) is 5.69 Å². The van der Waals surface area contributed by atoms with Crippen LogP contribution >= 0.6 is 0 Å². The van der Waals surface area contributed by atoms with Crippen LogP contribution in [0.25, 0.3) is 11.0 Å². The minimum absolute atomic E-state index is 0.0919. The predicted molar refractivity (Wildman–Crippen MR) is 127 cm³/mol. The van der Waals surface area contributed by atoms with Crippen molar-refractivity contribution in [3.63, 3.8) is 0 Å². The van der Waals surface area contributed by atoms with Gasteiger partial charge in [-0.15, -0.1) is 0 Å². The molecule has 4 rings (SSSR count). The molecule has 6 nitrogen and oxygen atoms in total. The van der Waals surface area contributed by atoms with Crippen LogP contribution in [0.2, 0.25) is 0 Å². The summed E-state index contributed by atoms with van der Waals surface area (Å²) in [6, 6.07) is 7.55. The highest BCUT2D eigenvalue weighted by Crippen LogP contribution is 2.36. The molecule has 2 heterocycles. The first-order chi connectivity index (χ1) is 15.1. The van der Waals surface area contributed by atoms with Gasteiger partial charge in [0.15, 0.2) is 11.3 Å². The minimum Gasteiger partial charge on any atom is -0.449 e. The molecular weight excluding hydrogens is 424 g/mol. The number of fused-ring (bicyclic) bond motifs is 1. The van der Waals surface area contributed by atoms with Crippen molar-refractivity contribution < 1.29 is 17.6 Å². The van der Waals surface area contributed by atoms with E-state index in [2.05, 4.69) is 4.72 Å². The molecule has 0 spiro atoms. The number of benzene rings is 2. The Hall–Kier alpha value is -2.80. The first-order valence-corrected chi connectivity index (χ1v) is 12.5. The summed E-state index contributed by atoms with van der Waals surface area (Å²) >= 11 is 0. The summed E-state index contributed by atoms with van der Waals surface area (Å²) in [6.45, 7) is 10.7. The SMILES string of the molecule is Cc1ccc(C)c(NS(=O)(=O)c2c(C)c(C)cc3c(C)c(C(=O)N4CCCCC4)oc23)c1. The van der Waals surface area contributed by atoms with E-state index in [9.17, 15) is 13.2 Å². The molecule has 0 atom stereocenters. The zero-order valence-corrected chi connectivity index (χ0v) is 20.1. The van der Waals surface area contributed by atoms with Crippen LogP contribution in [-0.4, -0.2) is 32.3 Å². The highest BCUT2D eigenvalue weighted by molar-refractivity contribution is 7.93. The molecule has 1 aromatic heterocycles. The van der Waals surface area contributed by atoms with Crippen molar-refractivity contribution in [3.05, 3.63) is 57.8 Å². The van der Waals surface area contributed by atoms with Gasteiger partial charge in [-0.3, -0.25) is 9.52 Å². The number of sulfonamides is 1. The number of carbonyl (C=O) groups is 1. The third-order valence-electron chi connectivity index (χ3n) is 6.44. The van der Waals surface area contributed by atoms with Crippen LogP contribution in [-0.2, 0) is 10.0 Å². The number of nitrogens with zero attached hydrogens (tertiary/aromatic N) is 1. The molecule has 1 saturated heterocycles. The Morgan fingerprint density at radius 3 is 2.31 bits per heavy atom. The van der Waals surface area contributed by atoms with Crippen molar-refractivity contribution in [1.82, 2.24) is 4.90 Å². The lowest BCUT2D eigenvalue weighted by Crippen LogP contribution is -2.35. The van der Waals surface area contributed by atoms with E-state index in [1.807, 2.05) is 52.0 Å². The average molecular weight is 455 g/mol. The fourth-order valence-electron chi connectivity index (χ4n) is 4.35. The second-order valence-corrected chi connectivity index (χ2v) is 10.5. The summed E-state index contributed by atoms with van der Waals surface area (Å²) < 4.78 is 35.9. The molecule has 0 aliphatic carbocycles. The smallest absolute Gasteiger partial charge is 0.289 e. The maximum Gasteiger partial charge on any atom is 0.289 e. The van der Waals surface area contributed by atoms with Crippen molar-refractivity contribution in [2.45, 2.75) is 58.8 Å². The van der Waals surface area contributed by atoms with Crippen LogP contribution < -0.4 is 4.72 Å². The first kappa shape index (κ1) is 22.4. The van der Waals surface area contributed by atoms with Crippen molar-refractivity contribution in [2.75, 3.05) is 17.8 Å². The molecule has 0 saturated carbocycles. The van der Waals surface area contributed by atoms with E-state index in [0.717, 1.165) is 36.0 Å². The summed E-state index contributed by atoms with van der Waals surface area (Å²) in [5.41, 5.74) is 4.69. The fourth-order valence-corrected chi connectivity index (χ4v) is 5.92. The number of anilines is 1. The molecule has 3 aromatic rings. The third kappa shape index (κ3) is 3.90. The van der Waals surface area contributed by atoms with E-state index in [4.69, 9.17) is 4.42 Å².